The molecule has 0 aromatic carbocycles. The number of pyridine rings is 1. The molecule has 2 aliphatic rings. The van der Waals surface area contributed by atoms with Crippen LogP contribution in [0.4, 0.5) is 5.69 Å². The maximum Gasteiger partial charge on any atom is 0.274 e. The molecule has 0 bridgehead atoms. The third-order valence-corrected chi connectivity index (χ3v) is 5.15. The van der Waals surface area contributed by atoms with Crippen molar-refractivity contribution in [2.75, 3.05) is 44.2 Å². The van der Waals surface area contributed by atoms with Crippen LogP contribution in [0.25, 0.3) is 0 Å². The normalized spacial score (nSPS) is 20.4. The zero-order valence-corrected chi connectivity index (χ0v) is 15.1. The fourth-order valence-electron chi connectivity index (χ4n) is 3.71. The molecule has 2 fully saturated rings. The molecule has 1 atom stereocenters. The summed E-state index contributed by atoms with van der Waals surface area (Å²) in [5.41, 5.74) is 3.87. The Kier molecular flexibility index (Phi) is 4.79. The van der Waals surface area contributed by atoms with Gasteiger partial charge in [0.15, 0.2) is 0 Å². The van der Waals surface area contributed by atoms with E-state index >= 15 is 0 Å². The second kappa shape index (κ2) is 7.37. The number of hydrogen-bond acceptors (Lipinski definition) is 6. The van der Waals surface area contributed by atoms with Gasteiger partial charge in [-0.05, 0) is 32.0 Å². The van der Waals surface area contributed by atoms with E-state index < -0.39 is 0 Å². The van der Waals surface area contributed by atoms with E-state index in [2.05, 4.69) is 39.2 Å². The number of aromatic nitrogens is 3. The van der Waals surface area contributed by atoms with Gasteiger partial charge in [-0.15, -0.1) is 0 Å². The Labute approximate surface area is 153 Å². The molecule has 0 aliphatic carbocycles. The van der Waals surface area contributed by atoms with E-state index in [0.717, 1.165) is 38.3 Å². The van der Waals surface area contributed by atoms with Crippen molar-refractivity contribution in [2.24, 2.45) is 0 Å². The molecule has 7 heteroatoms. The lowest BCUT2D eigenvalue weighted by atomic mass is 10.0. The van der Waals surface area contributed by atoms with Crippen LogP contribution in [0.15, 0.2) is 30.7 Å². The average molecular weight is 352 g/mol. The van der Waals surface area contributed by atoms with Gasteiger partial charge in [0, 0.05) is 68.1 Å². The maximum atomic E-state index is 12.5. The second-order valence-corrected chi connectivity index (χ2v) is 6.95. The molecule has 0 unspecified atom stereocenters. The summed E-state index contributed by atoms with van der Waals surface area (Å²) >= 11 is 0. The number of aryl methyl sites for hydroxylation is 1. The summed E-state index contributed by atoms with van der Waals surface area (Å²) in [5, 5.41) is 3.41. The van der Waals surface area contributed by atoms with Crippen LogP contribution in [0.5, 0.6) is 0 Å². The van der Waals surface area contributed by atoms with Crippen molar-refractivity contribution < 1.29 is 4.79 Å². The van der Waals surface area contributed by atoms with Gasteiger partial charge < -0.3 is 15.1 Å². The van der Waals surface area contributed by atoms with Crippen LogP contribution in [0, 0.1) is 6.92 Å². The molecule has 26 heavy (non-hydrogen) atoms. The first kappa shape index (κ1) is 16.9. The van der Waals surface area contributed by atoms with Crippen LogP contribution in [-0.4, -0.2) is 65.0 Å². The van der Waals surface area contributed by atoms with Gasteiger partial charge in [-0.25, -0.2) is 4.98 Å². The van der Waals surface area contributed by atoms with Gasteiger partial charge >= 0.3 is 0 Å². The Morgan fingerprint density at radius 1 is 1.19 bits per heavy atom. The fourth-order valence-corrected chi connectivity index (χ4v) is 3.71. The first-order valence-corrected chi connectivity index (χ1v) is 9.20. The summed E-state index contributed by atoms with van der Waals surface area (Å²) in [4.78, 5) is 29.6. The maximum absolute atomic E-state index is 12.5. The summed E-state index contributed by atoms with van der Waals surface area (Å²) in [6.45, 7) is 7.15. The number of anilines is 1. The number of amides is 1. The lowest BCUT2D eigenvalue weighted by molar-refractivity contribution is 0.0740. The van der Waals surface area contributed by atoms with Crippen LogP contribution >= 0.6 is 0 Å². The average Bonchev–Trinajstić information content (AvgIpc) is 3.23. The molecule has 0 spiro atoms. The van der Waals surface area contributed by atoms with E-state index in [-0.39, 0.29) is 5.91 Å². The van der Waals surface area contributed by atoms with Crippen LogP contribution in [-0.2, 0) is 0 Å². The topological polar surface area (TPSA) is 74.2 Å². The van der Waals surface area contributed by atoms with E-state index in [9.17, 15) is 4.79 Å². The minimum Gasteiger partial charge on any atom is -0.368 e. The van der Waals surface area contributed by atoms with Crippen molar-refractivity contribution in [3.05, 3.63) is 47.8 Å². The van der Waals surface area contributed by atoms with Gasteiger partial charge in [0.2, 0.25) is 0 Å². The Morgan fingerprint density at radius 3 is 2.73 bits per heavy atom. The summed E-state index contributed by atoms with van der Waals surface area (Å²) in [5.74, 6) is 0.467. The molecule has 0 radical (unpaired) electrons. The van der Waals surface area contributed by atoms with Gasteiger partial charge in [0.25, 0.3) is 5.91 Å². The molecule has 2 aromatic rings. The third-order valence-electron chi connectivity index (χ3n) is 5.15. The third kappa shape index (κ3) is 3.53. The number of nitrogens with one attached hydrogen (secondary N) is 1. The molecule has 136 valence electrons. The van der Waals surface area contributed by atoms with Crippen LogP contribution < -0.4 is 10.2 Å². The SMILES string of the molecule is Cc1cc(N2CCN(C(=O)c3cnccn3)CC2)cc([C@H]2CCNC2)n1. The number of piperazine rings is 1. The Hall–Kier alpha value is -2.54. The minimum absolute atomic E-state index is 0.0404. The van der Waals surface area contributed by atoms with Gasteiger partial charge in [-0.1, -0.05) is 0 Å². The number of carbonyl (C=O) groups is 1. The van der Waals surface area contributed by atoms with Crippen LogP contribution in [0.2, 0.25) is 0 Å². The standard InChI is InChI=1S/C19H24N6O/c1-14-10-16(11-17(23-14)15-2-3-20-12-15)24-6-8-25(9-7-24)19(26)18-13-21-4-5-22-18/h4-5,10-11,13,15,20H,2-3,6-9,12H2,1H3/t15-/m0/s1. The van der Waals surface area contributed by atoms with Crippen molar-refractivity contribution in [1.82, 2.24) is 25.2 Å². The zero-order valence-electron chi connectivity index (χ0n) is 15.1. The first-order valence-electron chi connectivity index (χ1n) is 9.20. The molecular formula is C19H24N6O. The summed E-state index contributed by atoms with van der Waals surface area (Å²) in [6.07, 6.45) is 5.82. The van der Waals surface area contributed by atoms with Crippen molar-refractivity contribution in [3.63, 3.8) is 0 Å². The van der Waals surface area contributed by atoms with Crippen molar-refractivity contribution in [2.45, 2.75) is 19.3 Å². The lowest BCUT2D eigenvalue weighted by Crippen LogP contribution is -2.49. The van der Waals surface area contributed by atoms with Gasteiger partial charge in [-0.2, -0.15) is 0 Å². The number of hydrogen-bond donors (Lipinski definition) is 1. The smallest absolute Gasteiger partial charge is 0.274 e. The first-order chi connectivity index (χ1) is 12.7. The highest BCUT2D eigenvalue weighted by atomic mass is 16.2. The second-order valence-electron chi connectivity index (χ2n) is 6.95. The van der Waals surface area contributed by atoms with Crippen LogP contribution in [0.3, 0.4) is 0 Å². The van der Waals surface area contributed by atoms with Crippen molar-refractivity contribution in [1.29, 1.82) is 0 Å². The molecule has 1 amide bonds. The minimum atomic E-state index is -0.0404. The molecular weight excluding hydrogens is 328 g/mol. The molecule has 7 nitrogen and oxygen atoms in total. The van der Waals surface area contributed by atoms with Gasteiger partial charge in [-0.3, -0.25) is 14.8 Å². The molecule has 4 rings (SSSR count). The summed E-state index contributed by atoms with van der Waals surface area (Å²) in [6, 6.07) is 4.37. The highest BCUT2D eigenvalue weighted by molar-refractivity contribution is 5.92. The predicted octanol–water partition coefficient (Wildman–Crippen LogP) is 1.22. The van der Waals surface area contributed by atoms with Crippen molar-refractivity contribution >= 4 is 11.6 Å². The highest BCUT2D eigenvalue weighted by Crippen LogP contribution is 2.26. The Balaban J connectivity index is 1.44. The highest BCUT2D eigenvalue weighted by Gasteiger charge is 2.25. The molecule has 1 N–H and O–H groups in total. The lowest BCUT2D eigenvalue weighted by Gasteiger charge is -2.36. The van der Waals surface area contributed by atoms with Crippen LogP contribution in [0.1, 0.15) is 34.2 Å². The fraction of sp³-hybridized carbons (Fsp3) is 0.474. The van der Waals surface area contributed by atoms with E-state index in [1.165, 1.54) is 17.6 Å². The van der Waals surface area contributed by atoms with E-state index in [1.807, 2.05) is 4.90 Å². The van der Waals surface area contributed by atoms with E-state index in [4.69, 9.17) is 4.98 Å². The number of carbonyl (C=O) groups excluding carboxylic acids is 1. The Bertz CT molecular complexity index is 767. The van der Waals surface area contributed by atoms with Crippen molar-refractivity contribution in [3.8, 4) is 0 Å². The molecule has 0 saturated carbocycles. The predicted molar refractivity (Wildman–Crippen MR) is 99.4 cm³/mol. The largest absolute Gasteiger partial charge is 0.368 e. The molecule has 2 saturated heterocycles. The van der Waals surface area contributed by atoms with Gasteiger partial charge in [0.05, 0.1) is 6.20 Å². The monoisotopic (exact) mass is 352 g/mol. The summed E-state index contributed by atoms with van der Waals surface area (Å²) in [7, 11) is 0. The zero-order chi connectivity index (χ0) is 17.9. The number of rotatable bonds is 3. The van der Waals surface area contributed by atoms with E-state index in [0.29, 0.717) is 24.7 Å². The molecule has 2 aliphatic heterocycles. The Morgan fingerprint density at radius 2 is 2.04 bits per heavy atom. The summed E-state index contributed by atoms with van der Waals surface area (Å²) < 4.78 is 0. The number of nitrogens with zero attached hydrogens (tertiary/aromatic N) is 5. The van der Waals surface area contributed by atoms with Gasteiger partial charge in [0.1, 0.15) is 5.69 Å². The quantitative estimate of drug-likeness (QED) is 0.895. The van der Waals surface area contributed by atoms with E-state index in [1.54, 1.807) is 12.4 Å². The molecule has 2 aromatic heterocycles. The molecule has 4 heterocycles.